The monoisotopic (exact) mass is 214 g/mol. The van der Waals surface area contributed by atoms with Crippen molar-refractivity contribution in [1.82, 2.24) is 0 Å². The highest BCUT2D eigenvalue weighted by atomic mass is 16.5. The average Bonchev–Trinajstić information content (AvgIpc) is 2.70. The van der Waals surface area contributed by atoms with Gasteiger partial charge in [-0.05, 0) is 41.7 Å². The van der Waals surface area contributed by atoms with Crippen LogP contribution in [0.5, 0.6) is 5.75 Å². The van der Waals surface area contributed by atoms with Crippen molar-refractivity contribution < 1.29 is 4.74 Å². The van der Waals surface area contributed by atoms with E-state index in [2.05, 4.69) is 45.1 Å². The topological polar surface area (TPSA) is 9.23 Å². The summed E-state index contributed by atoms with van der Waals surface area (Å²) in [4.78, 5) is 0. The molecule has 1 aliphatic carbocycles. The van der Waals surface area contributed by atoms with Gasteiger partial charge in [0.1, 0.15) is 11.5 Å². The van der Waals surface area contributed by atoms with E-state index in [0.29, 0.717) is 0 Å². The Bertz CT molecular complexity index is 416. The Kier molecular flexibility index (Phi) is 2.86. The maximum absolute atomic E-state index is 5.72. The first-order valence-electron chi connectivity index (χ1n) is 5.71. The number of rotatable bonds is 2. The Balaban J connectivity index is 2.10. The molecule has 16 heavy (non-hydrogen) atoms. The van der Waals surface area contributed by atoms with Crippen molar-refractivity contribution in [2.75, 3.05) is 0 Å². The van der Waals surface area contributed by atoms with Gasteiger partial charge in [0, 0.05) is 0 Å². The molecular formula is C15H18O. The maximum atomic E-state index is 5.72. The predicted molar refractivity (Wildman–Crippen MR) is 67.6 cm³/mol. The summed E-state index contributed by atoms with van der Waals surface area (Å²) in [7, 11) is 0. The van der Waals surface area contributed by atoms with Gasteiger partial charge in [-0.25, -0.2) is 0 Å². The zero-order valence-corrected chi connectivity index (χ0v) is 10.2. The third kappa shape index (κ3) is 2.54. The molecule has 2 rings (SSSR count). The fourth-order valence-electron chi connectivity index (χ4n) is 1.67. The van der Waals surface area contributed by atoms with Gasteiger partial charge in [-0.1, -0.05) is 39.0 Å². The normalized spacial score (nSPS) is 15.1. The second-order valence-electron chi connectivity index (χ2n) is 5.12. The average molecular weight is 214 g/mol. The molecule has 0 atom stereocenters. The standard InChI is InChI=1S/C15H18O/c1-15(2,3)12-8-10-14(11-9-12)16-13-6-4-5-7-13/h4,6-11H,5H2,1-3H3. The quantitative estimate of drug-likeness (QED) is 0.716. The summed E-state index contributed by atoms with van der Waals surface area (Å²) in [5.74, 6) is 1.86. The number of benzene rings is 1. The van der Waals surface area contributed by atoms with Gasteiger partial charge in [-0.2, -0.15) is 0 Å². The van der Waals surface area contributed by atoms with Crippen LogP contribution in [0.15, 0.2) is 48.3 Å². The van der Waals surface area contributed by atoms with Crippen LogP contribution in [0.1, 0.15) is 32.8 Å². The minimum absolute atomic E-state index is 0.199. The molecule has 1 nitrogen and oxygen atoms in total. The van der Waals surface area contributed by atoms with Crippen molar-refractivity contribution in [3.05, 3.63) is 53.8 Å². The lowest BCUT2D eigenvalue weighted by atomic mass is 9.87. The molecule has 0 aromatic heterocycles. The molecule has 0 aliphatic heterocycles. The molecule has 0 spiro atoms. The zero-order valence-electron chi connectivity index (χ0n) is 10.2. The third-order valence-electron chi connectivity index (χ3n) is 2.69. The number of hydrogen-bond donors (Lipinski definition) is 0. The van der Waals surface area contributed by atoms with E-state index in [4.69, 9.17) is 4.74 Å². The molecule has 84 valence electrons. The summed E-state index contributed by atoms with van der Waals surface area (Å²) in [6.45, 7) is 6.64. The van der Waals surface area contributed by atoms with Crippen molar-refractivity contribution in [2.24, 2.45) is 0 Å². The van der Waals surface area contributed by atoms with E-state index >= 15 is 0 Å². The second kappa shape index (κ2) is 4.17. The van der Waals surface area contributed by atoms with Crippen LogP contribution in [0, 0.1) is 0 Å². The molecule has 0 bridgehead atoms. The van der Waals surface area contributed by atoms with E-state index < -0.39 is 0 Å². The highest BCUT2D eigenvalue weighted by molar-refractivity contribution is 5.34. The van der Waals surface area contributed by atoms with Crippen LogP contribution in [0.3, 0.4) is 0 Å². The molecular weight excluding hydrogens is 196 g/mol. The molecule has 0 saturated carbocycles. The maximum Gasteiger partial charge on any atom is 0.127 e. The molecule has 1 aromatic rings. The summed E-state index contributed by atoms with van der Waals surface area (Å²) in [5.41, 5.74) is 1.53. The van der Waals surface area contributed by atoms with E-state index in [-0.39, 0.29) is 5.41 Å². The van der Waals surface area contributed by atoms with Gasteiger partial charge in [0.2, 0.25) is 0 Å². The first-order chi connectivity index (χ1) is 7.55. The SMILES string of the molecule is CC(C)(C)c1ccc(OC2=CCC=C2)cc1. The minimum atomic E-state index is 0.199. The van der Waals surface area contributed by atoms with Gasteiger partial charge in [0.05, 0.1) is 0 Å². The smallest absolute Gasteiger partial charge is 0.127 e. The molecule has 0 N–H and O–H groups in total. The van der Waals surface area contributed by atoms with Gasteiger partial charge in [0.15, 0.2) is 0 Å². The van der Waals surface area contributed by atoms with E-state index in [1.807, 2.05) is 18.2 Å². The van der Waals surface area contributed by atoms with Gasteiger partial charge in [-0.3, -0.25) is 0 Å². The summed E-state index contributed by atoms with van der Waals surface area (Å²) < 4.78 is 5.72. The van der Waals surface area contributed by atoms with E-state index in [0.717, 1.165) is 17.9 Å². The highest BCUT2D eigenvalue weighted by Crippen LogP contribution is 2.25. The molecule has 0 heterocycles. The Hall–Kier alpha value is -1.50. The van der Waals surface area contributed by atoms with E-state index in [1.54, 1.807) is 0 Å². The molecule has 0 unspecified atom stereocenters. The van der Waals surface area contributed by atoms with Crippen molar-refractivity contribution >= 4 is 0 Å². The Morgan fingerprint density at radius 1 is 1.06 bits per heavy atom. The van der Waals surface area contributed by atoms with Crippen LogP contribution in [0.4, 0.5) is 0 Å². The minimum Gasteiger partial charge on any atom is -0.458 e. The molecule has 0 amide bonds. The molecule has 1 aliphatic rings. The lowest BCUT2D eigenvalue weighted by Crippen LogP contribution is -2.10. The van der Waals surface area contributed by atoms with Gasteiger partial charge in [-0.15, -0.1) is 0 Å². The summed E-state index contributed by atoms with van der Waals surface area (Å²) in [5, 5.41) is 0. The lowest BCUT2D eigenvalue weighted by molar-refractivity contribution is 0.444. The predicted octanol–water partition coefficient (Wildman–Crippen LogP) is 4.21. The lowest BCUT2D eigenvalue weighted by Gasteiger charge is -2.19. The Labute approximate surface area is 97.4 Å². The largest absolute Gasteiger partial charge is 0.458 e. The van der Waals surface area contributed by atoms with Gasteiger partial charge in [0.25, 0.3) is 0 Å². The summed E-state index contributed by atoms with van der Waals surface area (Å²) >= 11 is 0. The Morgan fingerprint density at radius 3 is 2.25 bits per heavy atom. The zero-order chi connectivity index (χ0) is 11.6. The van der Waals surface area contributed by atoms with Gasteiger partial charge >= 0.3 is 0 Å². The number of hydrogen-bond acceptors (Lipinski definition) is 1. The van der Waals surface area contributed by atoms with E-state index in [1.165, 1.54) is 5.56 Å². The molecule has 0 radical (unpaired) electrons. The van der Waals surface area contributed by atoms with Crippen molar-refractivity contribution in [2.45, 2.75) is 32.6 Å². The van der Waals surface area contributed by atoms with Crippen molar-refractivity contribution in [1.29, 1.82) is 0 Å². The van der Waals surface area contributed by atoms with E-state index in [9.17, 15) is 0 Å². The first kappa shape index (κ1) is 11.0. The van der Waals surface area contributed by atoms with Crippen molar-refractivity contribution in [3.63, 3.8) is 0 Å². The van der Waals surface area contributed by atoms with Crippen LogP contribution >= 0.6 is 0 Å². The second-order valence-corrected chi connectivity index (χ2v) is 5.12. The first-order valence-corrected chi connectivity index (χ1v) is 5.71. The molecule has 0 fully saturated rings. The fraction of sp³-hybridized carbons (Fsp3) is 0.333. The number of ether oxygens (including phenoxy) is 1. The van der Waals surface area contributed by atoms with Crippen LogP contribution in [0.2, 0.25) is 0 Å². The Morgan fingerprint density at radius 2 is 1.75 bits per heavy atom. The third-order valence-corrected chi connectivity index (χ3v) is 2.69. The van der Waals surface area contributed by atoms with Crippen LogP contribution < -0.4 is 4.74 Å². The molecule has 1 heteroatoms. The van der Waals surface area contributed by atoms with Gasteiger partial charge < -0.3 is 4.74 Å². The highest BCUT2D eigenvalue weighted by Gasteiger charge is 2.13. The summed E-state index contributed by atoms with van der Waals surface area (Å²) in [6.07, 6.45) is 7.17. The molecule has 0 saturated heterocycles. The fourth-order valence-corrected chi connectivity index (χ4v) is 1.67. The van der Waals surface area contributed by atoms with Crippen LogP contribution in [0.25, 0.3) is 0 Å². The van der Waals surface area contributed by atoms with Crippen LogP contribution in [-0.4, -0.2) is 0 Å². The molecule has 1 aromatic carbocycles. The van der Waals surface area contributed by atoms with Crippen LogP contribution in [-0.2, 0) is 5.41 Å². The number of allylic oxidation sites excluding steroid dienone is 3. The van der Waals surface area contributed by atoms with Crippen molar-refractivity contribution in [3.8, 4) is 5.75 Å². The summed E-state index contributed by atoms with van der Waals surface area (Å²) in [6, 6.07) is 8.34.